The van der Waals surface area contributed by atoms with Gasteiger partial charge in [-0.05, 0) is 0 Å². The molecule has 0 atom stereocenters. The molecule has 0 unspecified atom stereocenters. The van der Waals surface area contributed by atoms with E-state index in [1.54, 1.807) is 3.47 Å². The molecule has 0 aromatic rings. The van der Waals surface area contributed by atoms with E-state index in [2.05, 4.69) is 114 Å². The van der Waals surface area contributed by atoms with Crippen molar-refractivity contribution < 1.29 is 63.2 Å². The second-order valence-corrected chi connectivity index (χ2v) is 42.3. The van der Waals surface area contributed by atoms with Gasteiger partial charge < -0.3 is 0 Å². The molecule has 0 bridgehead atoms. The van der Waals surface area contributed by atoms with Gasteiger partial charge in [-0.25, -0.2) is 0 Å². The van der Waals surface area contributed by atoms with Crippen molar-refractivity contribution in [1.82, 2.24) is 0 Å². The van der Waals surface area contributed by atoms with Gasteiger partial charge in [0.2, 0.25) is 0 Å². The first kappa shape index (κ1) is 26.1. The molecule has 0 spiro atoms. The SMILES string of the molecule is C1=CC[C]([Pr]([C]2=CC=CC2)[C]2=CC=CC2)=C1.C[CH](C)[La]([C]1=CC=CC1)([CH](C)C)[CH](C)C. The fraction of sp³-hybridized carbons (Fsp3) is 0.448. The van der Waals surface area contributed by atoms with Crippen molar-refractivity contribution >= 4 is 0 Å². The molecule has 2 heteroatoms. The summed E-state index contributed by atoms with van der Waals surface area (Å²) in [7, 11) is 0. The van der Waals surface area contributed by atoms with E-state index in [1.807, 2.05) is 1.98 Å². The molecular formula is C29H41LaPr. The zero-order valence-electron chi connectivity index (χ0n) is 20.6. The normalized spacial score (nSPS) is 19.3. The van der Waals surface area contributed by atoms with Gasteiger partial charge in [0.15, 0.2) is 0 Å². The van der Waals surface area contributed by atoms with Gasteiger partial charge in [-0.3, -0.25) is 0 Å². The van der Waals surface area contributed by atoms with E-state index in [0.29, 0.717) is 0 Å². The Morgan fingerprint density at radius 2 is 0.903 bits per heavy atom. The predicted molar refractivity (Wildman–Crippen MR) is 133 cm³/mol. The average Bonchev–Trinajstić information content (AvgIpc) is 3.52. The first-order valence-corrected chi connectivity index (χ1v) is 26.1. The molecule has 4 aliphatic rings. The molecule has 0 heterocycles. The second-order valence-electron chi connectivity index (χ2n) is 10.7. The maximum absolute atomic E-state index is 2.48. The molecule has 0 aromatic carbocycles. The van der Waals surface area contributed by atoms with Crippen LogP contribution in [0.2, 0.25) is 6.96 Å². The molecule has 0 nitrogen and oxygen atoms in total. The Labute approximate surface area is 212 Å². The molecule has 0 aromatic heterocycles. The Balaban J connectivity index is 0.000000176. The summed E-state index contributed by atoms with van der Waals surface area (Å²) in [5.41, 5.74) is 0. The van der Waals surface area contributed by atoms with Crippen molar-refractivity contribution in [1.29, 1.82) is 0 Å². The van der Waals surface area contributed by atoms with Gasteiger partial charge in [0.25, 0.3) is 0 Å². The third-order valence-corrected chi connectivity index (χ3v) is 45.7. The van der Waals surface area contributed by atoms with Crippen LogP contribution in [-0.4, -0.2) is 0 Å². The van der Waals surface area contributed by atoms with Crippen molar-refractivity contribution in [3.05, 3.63) is 78.4 Å². The van der Waals surface area contributed by atoms with Crippen LogP contribution in [0.3, 0.4) is 0 Å². The van der Waals surface area contributed by atoms with E-state index in [9.17, 15) is 0 Å². The van der Waals surface area contributed by atoms with Crippen LogP contribution < -0.4 is 0 Å². The van der Waals surface area contributed by atoms with Crippen LogP contribution in [0.5, 0.6) is 0 Å². The van der Waals surface area contributed by atoms with Crippen LogP contribution in [0.1, 0.15) is 67.2 Å². The fourth-order valence-corrected chi connectivity index (χ4v) is 43.9. The molecule has 0 amide bonds. The Kier molecular flexibility index (Phi) is 10.3. The second kappa shape index (κ2) is 12.3. The summed E-state index contributed by atoms with van der Waals surface area (Å²) >= 11 is -4.31. The standard InChI is InChI=1S/4C5H5.3C3H7.La.Pr/c4*1-2-4-5-3-1;3*1-3-2;;/h4*1-3H,4H2;3*3H,1-2H3;;. The number of hydrogen-bond acceptors (Lipinski definition) is 0. The van der Waals surface area contributed by atoms with Crippen LogP contribution in [0.4, 0.5) is 0 Å². The first-order valence-electron chi connectivity index (χ1n) is 12.5. The predicted octanol–water partition coefficient (Wildman–Crippen LogP) is 9.61. The molecule has 0 fully saturated rings. The maximum atomic E-state index is 2.48. The topological polar surface area (TPSA) is 0 Å². The third-order valence-electron chi connectivity index (χ3n) is 8.26. The molecule has 31 heavy (non-hydrogen) atoms. The van der Waals surface area contributed by atoms with Crippen molar-refractivity contribution in [2.75, 3.05) is 0 Å². The van der Waals surface area contributed by atoms with E-state index in [4.69, 9.17) is 0 Å². The van der Waals surface area contributed by atoms with E-state index in [1.165, 1.54) is 25.7 Å². The zero-order valence-corrected chi connectivity index (χ0v) is 28.0. The number of hydrogen-bond donors (Lipinski definition) is 0. The van der Waals surface area contributed by atoms with Gasteiger partial charge in [-0.15, -0.1) is 0 Å². The van der Waals surface area contributed by atoms with Crippen LogP contribution >= 0.6 is 0 Å². The van der Waals surface area contributed by atoms with Crippen LogP contribution in [0.15, 0.2) is 78.4 Å². The van der Waals surface area contributed by atoms with Crippen LogP contribution in [-0.2, 0) is 0 Å². The van der Waals surface area contributed by atoms with Gasteiger partial charge in [0.05, 0.1) is 0 Å². The fourth-order valence-electron chi connectivity index (χ4n) is 7.18. The van der Waals surface area contributed by atoms with Gasteiger partial charge in [-0.1, -0.05) is 0 Å². The molecule has 4 aliphatic carbocycles. The molecule has 4 rings (SSSR count). The molecule has 0 radical (unpaired) electrons. The average molecular weight is 669 g/mol. The van der Waals surface area contributed by atoms with E-state index in [-0.39, 0.29) is 0 Å². The zero-order chi connectivity index (χ0) is 22.4. The van der Waals surface area contributed by atoms with Crippen LogP contribution in [0.25, 0.3) is 0 Å². The third kappa shape index (κ3) is 5.95. The van der Waals surface area contributed by atoms with E-state index < -0.39 is 63.2 Å². The Morgan fingerprint density at radius 1 is 0.548 bits per heavy atom. The summed E-state index contributed by atoms with van der Waals surface area (Å²) in [5.74, 6) is 0. The van der Waals surface area contributed by atoms with E-state index in [0.717, 1.165) is 6.96 Å². The molecule has 0 N–H and O–H groups in total. The van der Waals surface area contributed by atoms with Gasteiger partial charge in [-0.2, -0.15) is 0 Å². The van der Waals surface area contributed by atoms with Gasteiger partial charge >= 0.3 is 216 Å². The summed E-state index contributed by atoms with van der Waals surface area (Å²) in [4.78, 5) is 0. The Bertz CT molecular complexity index is 791. The monoisotopic (exact) mass is 669 g/mol. The minimum atomic E-state index is -2.38. The molecule has 0 saturated carbocycles. The van der Waals surface area contributed by atoms with Crippen molar-refractivity contribution in [3.63, 3.8) is 0 Å². The van der Waals surface area contributed by atoms with Gasteiger partial charge in [0.1, 0.15) is 0 Å². The minimum absolute atomic E-state index is 0.941. The summed E-state index contributed by atoms with van der Waals surface area (Å²) in [6.45, 7) is 14.9. The quantitative estimate of drug-likeness (QED) is 0.253. The molecular weight excluding hydrogens is 628 g/mol. The summed E-state index contributed by atoms with van der Waals surface area (Å²) in [6.07, 6.45) is 32.9. The van der Waals surface area contributed by atoms with Crippen molar-refractivity contribution in [3.8, 4) is 0 Å². The van der Waals surface area contributed by atoms with E-state index >= 15 is 0 Å². The molecule has 0 saturated heterocycles. The summed E-state index contributed by atoms with van der Waals surface area (Å²) in [6, 6.07) is 0. The first-order chi connectivity index (χ1) is 14.9. The number of rotatable bonds is 7. The number of allylic oxidation sites excluding steroid dienone is 16. The van der Waals surface area contributed by atoms with Crippen LogP contribution in [0, 0.1) is 63.2 Å². The molecule has 0 aliphatic heterocycles. The van der Waals surface area contributed by atoms with Gasteiger partial charge in [0, 0.05) is 0 Å². The van der Waals surface area contributed by atoms with Crippen molar-refractivity contribution in [2.24, 2.45) is 0 Å². The van der Waals surface area contributed by atoms with Crippen molar-refractivity contribution in [2.45, 2.75) is 74.2 Å². The summed E-state index contributed by atoms with van der Waals surface area (Å²) in [5, 5.41) is 0. The summed E-state index contributed by atoms with van der Waals surface area (Å²) < 4.78 is 10.0. The molecule has 163 valence electrons. The Morgan fingerprint density at radius 3 is 1.16 bits per heavy atom. The Hall–Kier alpha value is 0.478.